The number of hydrogen-bond acceptors (Lipinski definition) is 3. The van der Waals surface area contributed by atoms with Gasteiger partial charge < -0.3 is 0 Å². The molecule has 2 heterocycles. The van der Waals surface area contributed by atoms with E-state index in [-0.39, 0.29) is 0 Å². The average molecular weight is 694 g/mol. The van der Waals surface area contributed by atoms with Crippen molar-refractivity contribution in [3.05, 3.63) is 176 Å². The summed E-state index contributed by atoms with van der Waals surface area (Å²) in [5.74, 6) is 2.02. The molecule has 10 rings (SSSR count). The predicted molar refractivity (Wildman–Crippen MR) is 224 cm³/mol. The molecule has 8 aromatic carbocycles. The molecule has 4 heteroatoms. The number of hydrogen-bond donors (Lipinski definition) is 0. The van der Waals surface area contributed by atoms with E-state index in [1.807, 2.05) is 0 Å². The van der Waals surface area contributed by atoms with Gasteiger partial charge >= 0.3 is 0 Å². The SMILES string of the molecule is C[Si]1(C)c2ccccc2-c2c(-c3nc(-c4ccc(-c5ccc6ccccc6c5)cc4)nc(-c4ccc(-c5ccc6ccccc6c5)cc4)n3)cccc21. The lowest BCUT2D eigenvalue weighted by Gasteiger charge is -2.18. The second-order valence-corrected chi connectivity index (χ2v) is 18.8. The Kier molecular flexibility index (Phi) is 7.27. The number of rotatable bonds is 5. The fraction of sp³-hybridized carbons (Fsp3) is 0.0408. The molecule has 0 N–H and O–H groups in total. The van der Waals surface area contributed by atoms with Gasteiger partial charge in [-0.25, -0.2) is 15.0 Å². The zero-order valence-electron chi connectivity index (χ0n) is 29.6. The largest absolute Gasteiger partial charge is 0.208 e. The summed E-state index contributed by atoms with van der Waals surface area (Å²) in [6.07, 6.45) is 0. The third-order valence-electron chi connectivity index (χ3n) is 10.9. The molecule has 250 valence electrons. The lowest BCUT2D eigenvalue weighted by molar-refractivity contribution is 1.07. The number of nitrogens with zero attached hydrogens (tertiary/aromatic N) is 3. The lowest BCUT2D eigenvalue weighted by atomic mass is 9.98. The van der Waals surface area contributed by atoms with E-state index in [1.54, 1.807) is 0 Å². The summed E-state index contributed by atoms with van der Waals surface area (Å²) in [4.78, 5) is 15.6. The normalized spacial score (nSPS) is 12.9. The van der Waals surface area contributed by atoms with Crippen molar-refractivity contribution in [3.8, 4) is 67.5 Å². The van der Waals surface area contributed by atoms with E-state index >= 15 is 0 Å². The van der Waals surface area contributed by atoms with E-state index in [4.69, 9.17) is 15.0 Å². The monoisotopic (exact) mass is 693 g/mol. The maximum atomic E-state index is 5.23. The summed E-state index contributed by atoms with van der Waals surface area (Å²) in [5.41, 5.74) is 10.2. The fourth-order valence-corrected chi connectivity index (χ4v) is 11.1. The van der Waals surface area contributed by atoms with Gasteiger partial charge in [-0.05, 0) is 77.4 Å². The van der Waals surface area contributed by atoms with Gasteiger partial charge in [-0.2, -0.15) is 0 Å². The minimum absolute atomic E-state index is 0.661. The second-order valence-electron chi connectivity index (χ2n) is 14.5. The molecule has 53 heavy (non-hydrogen) atoms. The minimum atomic E-state index is -1.88. The molecule has 0 saturated carbocycles. The molecular weight excluding hydrogens is 659 g/mol. The Balaban J connectivity index is 1.09. The van der Waals surface area contributed by atoms with Crippen LogP contribution in [0.15, 0.2) is 176 Å². The topological polar surface area (TPSA) is 38.7 Å². The van der Waals surface area contributed by atoms with E-state index in [2.05, 4.69) is 189 Å². The Hall–Kier alpha value is -6.49. The summed E-state index contributed by atoms with van der Waals surface area (Å²) in [6, 6.07) is 63.0. The van der Waals surface area contributed by atoms with Gasteiger partial charge in [-0.1, -0.05) is 177 Å². The molecular formula is C49H35N3Si. The first-order valence-electron chi connectivity index (χ1n) is 18.2. The van der Waals surface area contributed by atoms with Gasteiger partial charge in [0, 0.05) is 16.7 Å². The van der Waals surface area contributed by atoms with Crippen molar-refractivity contribution in [2.45, 2.75) is 13.1 Å². The van der Waals surface area contributed by atoms with Crippen LogP contribution in [0.25, 0.3) is 89.1 Å². The highest BCUT2D eigenvalue weighted by Gasteiger charge is 2.38. The molecule has 0 amide bonds. The number of benzene rings is 8. The summed E-state index contributed by atoms with van der Waals surface area (Å²) in [6.45, 7) is 4.89. The Labute approximate surface area is 310 Å². The van der Waals surface area contributed by atoms with E-state index in [1.165, 1.54) is 54.2 Å². The highest BCUT2D eigenvalue weighted by molar-refractivity contribution is 7.04. The van der Waals surface area contributed by atoms with Crippen LogP contribution in [-0.4, -0.2) is 23.0 Å². The van der Waals surface area contributed by atoms with Crippen LogP contribution in [0.5, 0.6) is 0 Å². The maximum Gasteiger partial charge on any atom is 0.164 e. The summed E-state index contributed by atoms with van der Waals surface area (Å²) < 4.78 is 0. The lowest BCUT2D eigenvalue weighted by Crippen LogP contribution is -2.49. The molecule has 1 aromatic heterocycles. The first-order chi connectivity index (χ1) is 26.0. The van der Waals surface area contributed by atoms with Crippen molar-refractivity contribution in [1.82, 2.24) is 15.0 Å². The third-order valence-corrected chi connectivity index (χ3v) is 14.5. The molecule has 0 radical (unpaired) electrons. The van der Waals surface area contributed by atoms with Gasteiger partial charge in [-0.15, -0.1) is 0 Å². The summed E-state index contributed by atoms with van der Waals surface area (Å²) in [5, 5.41) is 7.84. The molecule has 3 nitrogen and oxygen atoms in total. The Bertz CT molecular complexity index is 2720. The number of aromatic nitrogens is 3. The van der Waals surface area contributed by atoms with Gasteiger partial charge in [0.2, 0.25) is 0 Å². The molecule has 0 unspecified atom stereocenters. The van der Waals surface area contributed by atoms with E-state index in [0.717, 1.165) is 27.8 Å². The van der Waals surface area contributed by atoms with E-state index in [0.29, 0.717) is 17.5 Å². The van der Waals surface area contributed by atoms with E-state index < -0.39 is 8.07 Å². The Morgan fingerprint density at radius 2 is 0.736 bits per heavy atom. The van der Waals surface area contributed by atoms with Gasteiger partial charge in [0.05, 0.1) is 0 Å². The van der Waals surface area contributed by atoms with Crippen LogP contribution in [0.1, 0.15) is 0 Å². The average Bonchev–Trinajstić information content (AvgIpc) is 3.46. The molecule has 0 atom stereocenters. The highest BCUT2D eigenvalue weighted by atomic mass is 28.3. The summed E-state index contributed by atoms with van der Waals surface area (Å²) >= 11 is 0. The van der Waals surface area contributed by atoms with Gasteiger partial charge in [0.25, 0.3) is 0 Å². The van der Waals surface area contributed by atoms with Crippen LogP contribution in [0, 0.1) is 0 Å². The minimum Gasteiger partial charge on any atom is -0.208 e. The molecule has 0 spiro atoms. The molecule has 0 saturated heterocycles. The zero-order valence-corrected chi connectivity index (χ0v) is 30.6. The first kappa shape index (κ1) is 31.3. The smallest absolute Gasteiger partial charge is 0.164 e. The Morgan fingerprint density at radius 3 is 1.30 bits per heavy atom. The molecule has 9 aromatic rings. The zero-order chi connectivity index (χ0) is 35.5. The van der Waals surface area contributed by atoms with Crippen molar-refractivity contribution in [3.63, 3.8) is 0 Å². The molecule has 0 bridgehead atoms. The maximum absolute atomic E-state index is 5.23. The van der Waals surface area contributed by atoms with E-state index in [9.17, 15) is 0 Å². The second kappa shape index (κ2) is 12.3. The number of fused-ring (bicyclic) bond motifs is 5. The van der Waals surface area contributed by atoms with Crippen molar-refractivity contribution >= 4 is 40.0 Å². The molecule has 1 aliphatic heterocycles. The predicted octanol–water partition coefficient (Wildman–Crippen LogP) is 11.3. The standard InChI is InChI=1S/C49H35N3Si/c1-53(2)44-16-8-7-14-42(44)46-43(15-9-17-45(46)53)49-51-47(36-24-18-34(19-25-36)40-28-22-32-10-3-5-12-38(32)30-40)50-48(52-49)37-26-20-35(21-27-37)41-29-23-33-11-4-6-13-39(33)31-41/h3-31H,1-2H3. The van der Waals surface area contributed by atoms with Crippen LogP contribution < -0.4 is 10.4 Å². The van der Waals surface area contributed by atoms with Crippen LogP contribution in [0.3, 0.4) is 0 Å². The van der Waals surface area contributed by atoms with Gasteiger partial charge in [0.15, 0.2) is 17.5 Å². The Morgan fingerprint density at radius 1 is 0.321 bits per heavy atom. The van der Waals surface area contributed by atoms with Crippen LogP contribution >= 0.6 is 0 Å². The quantitative estimate of drug-likeness (QED) is 0.168. The van der Waals surface area contributed by atoms with Gasteiger partial charge in [-0.3, -0.25) is 0 Å². The molecule has 1 aliphatic rings. The van der Waals surface area contributed by atoms with Crippen LogP contribution in [-0.2, 0) is 0 Å². The van der Waals surface area contributed by atoms with Crippen molar-refractivity contribution in [1.29, 1.82) is 0 Å². The van der Waals surface area contributed by atoms with Crippen molar-refractivity contribution < 1.29 is 0 Å². The van der Waals surface area contributed by atoms with Crippen LogP contribution in [0.2, 0.25) is 13.1 Å². The molecule has 0 aliphatic carbocycles. The first-order valence-corrected chi connectivity index (χ1v) is 21.2. The third kappa shape index (κ3) is 5.38. The van der Waals surface area contributed by atoms with Crippen LogP contribution in [0.4, 0.5) is 0 Å². The molecule has 0 fully saturated rings. The van der Waals surface area contributed by atoms with Crippen molar-refractivity contribution in [2.24, 2.45) is 0 Å². The fourth-order valence-electron chi connectivity index (χ4n) is 8.06. The van der Waals surface area contributed by atoms with Gasteiger partial charge in [0.1, 0.15) is 8.07 Å². The highest BCUT2D eigenvalue weighted by Crippen LogP contribution is 2.37. The summed E-state index contributed by atoms with van der Waals surface area (Å²) in [7, 11) is -1.88. The van der Waals surface area contributed by atoms with Crippen molar-refractivity contribution in [2.75, 3.05) is 0 Å².